The molecule has 0 aliphatic carbocycles. The quantitative estimate of drug-likeness (QED) is 0.548. The third kappa shape index (κ3) is 7.19. The lowest BCUT2D eigenvalue weighted by molar-refractivity contribution is -0.124. The average Bonchev–Trinajstić information content (AvgIpc) is 2.60. The molecule has 130 valence electrons. The summed E-state index contributed by atoms with van der Waals surface area (Å²) in [5, 5.41) is 3.05. The summed E-state index contributed by atoms with van der Waals surface area (Å²) in [5.74, 6) is -0.219. The minimum atomic E-state index is -0.449. The highest BCUT2D eigenvalue weighted by atomic mass is 35.5. The predicted molar refractivity (Wildman–Crippen MR) is 99.1 cm³/mol. The number of carbonyl (C=O) groups excluding carboxylic acids is 2. The summed E-state index contributed by atoms with van der Waals surface area (Å²) >= 11 is 10.7. The zero-order chi connectivity index (χ0) is 18.1. The molecule has 0 heterocycles. The minimum absolute atomic E-state index is 0.000717. The van der Waals surface area contributed by atoms with Crippen LogP contribution in [0.15, 0.2) is 54.6 Å². The Kier molecular flexibility index (Phi) is 7.18. The van der Waals surface area contributed by atoms with Crippen LogP contribution in [0.2, 0.25) is 5.02 Å². The van der Waals surface area contributed by atoms with Gasteiger partial charge in [-0.15, -0.1) is 0 Å². The summed E-state index contributed by atoms with van der Waals surface area (Å²) in [4.78, 5) is 23.5. The molecule has 2 amide bonds. The second-order valence-electron chi connectivity index (χ2n) is 4.96. The standard InChI is InChI=1S/C17H16ClN3O3S/c18-13-6-8-14(9-7-13)24-11-16(23)20-21-17(25)19-15(22)10-12-4-2-1-3-5-12/h1-9H,10-11H2,(H,20,23)(H2,19,21,22,25). The molecule has 0 unspecified atom stereocenters. The van der Waals surface area contributed by atoms with E-state index in [0.29, 0.717) is 10.8 Å². The molecule has 0 atom stereocenters. The van der Waals surface area contributed by atoms with Crippen molar-refractivity contribution in [3.05, 3.63) is 65.2 Å². The van der Waals surface area contributed by atoms with Crippen molar-refractivity contribution in [3.63, 3.8) is 0 Å². The Morgan fingerprint density at radius 3 is 2.32 bits per heavy atom. The first kappa shape index (κ1) is 18.7. The van der Waals surface area contributed by atoms with Gasteiger partial charge in [-0.1, -0.05) is 41.9 Å². The van der Waals surface area contributed by atoms with Crippen molar-refractivity contribution in [1.82, 2.24) is 16.2 Å². The topological polar surface area (TPSA) is 79.5 Å². The van der Waals surface area contributed by atoms with E-state index in [-0.39, 0.29) is 24.0 Å². The third-order valence-corrected chi connectivity index (χ3v) is 3.42. The van der Waals surface area contributed by atoms with E-state index in [0.717, 1.165) is 5.56 Å². The molecule has 0 bridgehead atoms. The Morgan fingerprint density at radius 2 is 1.64 bits per heavy atom. The van der Waals surface area contributed by atoms with Crippen molar-refractivity contribution in [3.8, 4) is 5.75 Å². The molecule has 25 heavy (non-hydrogen) atoms. The van der Waals surface area contributed by atoms with Crippen molar-refractivity contribution < 1.29 is 14.3 Å². The van der Waals surface area contributed by atoms with Gasteiger partial charge in [0.15, 0.2) is 11.7 Å². The number of halogens is 1. The average molecular weight is 378 g/mol. The van der Waals surface area contributed by atoms with E-state index in [2.05, 4.69) is 16.2 Å². The molecule has 3 N–H and O–H groups in total. The maximum atomic E-state index is 11.8. The van der Waals surface area contributed by atoms with Gasteiger partial charge in [-0.25, -0.2) is 0 Å². The second-order valence-corrected chi connectivity index (χ2v) is 5.80. The van der Waals surface area contributed by atoms with Crippen LogP contribution in [0.25, 0.3) is 0 Å². The lowest BCUT2D eigenvalue weighted by atomic mass is 10.1. The Labute approximate surface area is 155 Å². The van der Waals surface area contributed by atoms with Crippen LogP contribution in [0.1, 0.15) is 5.56 Å². The van der Waals surface area contributed by atoms with Crippen LogP contribution < -0.4 is 20.9 Å². The van der Waals surface area contributed by atoms with Gasteiger partial charge in [0, 0.05) is 5.02 Å². The number of nitrogens with one attached hydrogen (secondary N) is 3. The zero-order valence-corrected chi connectivity index (χ0v) is 14.7. The summed E-state index contributed by atoms with van der Waals surface area (Å²) < 4.78 is 5.27. The van der Waals surface area contributed by atoms with E-state index in [4.69, 9.17) is 28.6 Å². The number of ether oxygens (including phenoxy) is 1. The molecule has 0 aromatic heterocycles. The maximum absolute atomic E-state index is 11.8. The number of rotatable bonds is 5. The van der Waals surface area contributed by atoms with Crippen LogP contribution >= 0.6 is 23.8 Å². The molecule has 0 fully saturated rings. The fraction of sp³-hybridized carbons (Fsp3) is 0.118. The van der Waals surface area contributed by atoms with E-state index in [1.165, 1.54) is 0 Å². The first-order chi connectivity index (χ1) is 12.0. The summed E-state index contributed by atoms with van der Waals surface area (Å²) in [6.45, 7) is -0.213. The molecule has 0 radical (unpaired) electrons. The monoisotopic (exact) mass is 377 g/mol. The summed E-state index contributed by atoms with van der Waals surface area (Å²) in [5.41, 5.74) is 5.64. The number of hydrogen-bond donors (Lipinski definition) is 3. The molecule has 6 nitrogen and oxygen atoms in total. The van der Waals surface area contributed by atoms with Crippen molar-refractivity contribution >= 4 is 40.7 Å². The number of carbonyl (C=O) groups is 2. The van der Waals surface area contributed by atoms with E-state index in [1.54, 1.807) is 24.3 Å². The van der Waals surface area contributed by atoms with Crippen molar-refractivity contribution in [2.75, 3.05) is 6.61 Å². The number of amides is 2. The van der Waals surface area contributed by atoms with E-state index < -0.39 is 5.91 Å². The third-order valence-electron chi connectivity index (χ3n) is 2.96. The lowest BCUT2D eigenvalue weighted by Gasteiger charge is -2.11. The van der Waals surface area contributed by atoms with Gasteiger partial charge >= 0.3 is 0 Å². The van der Waals surface area contributed by atoms with Crippen molar-refractivity contribution in [2.45, 2.75) is 6.42 Å². The van der Waals surface area contributed by atoms with Gasteiger partial charge in [-0.2, -0.15) is 0 Å². The van der Waals surface area contributed by atoms with E-state index >= 15 is 0 Å². The number of hydrogen-bond acceptors (Lipinski definition) is 4. The van der Waals surface area contributed by atoms with Gasteiger partial charge in [-0.05, 0) is 42.0 Å². The van der Waals surface area contributed by atoms with Crippen molar-refractivity contribution in [2.24, 2.45) is 0 Å². The Morgan fingerprint density at radius 1 is 0.960 bits per heavy atom. The summed E-state index contributed by atoms with van der Waals surface area (Å²) in [7, 11) is 0. The Bertz CT molecular complexity index is 739. The van der Waals surface area contributed by atoms with E-state index in [9.17, 15) is 9.59 Å². The first-order valence-electron chi connectivity index (χ1n) is 7.34. The lowest BCUT2D eigenvalue weighted by Crippen LogP contribution is -2.49. The molecule has 0 aliphatic rings. The van der Waals surface area contributed by atoms with E-state index in [1.807, 2.05) is 30.3 Å². The molecular weight excluding hydrogens is 362 g/mol. The van der Waals surface area contributed by atoms with Gasteiger partial charge in [0.1, 0.15) is 5.75 Å². The maximum Gasteiger partial charge on any atom is 0.276 e. The normalized spacial score (nSPS) is 9.80. The fourth-order valence-corrected chi connectivity index (χ4v) is 2.12. The highest BCUT2D eigenvalue weighted by Gasteiger charge is 2.07. The first-order valence-corrected chi connectivity index (χ1v) is 8.12. The fourth-order valence-electron chi connectivity index (χ4n) is 1.83. The van der Waals surface area contributed by atoms with Crippen LogP contribution in [0, 0.1) is 0 Å². The molecule has 0 spiro atoms. The van der Waals surface area contributed by atoms with Gasteiger partial charge in [0.25, 0.3) is 5.91 Å². The second kappa shape index (κ2) is 9.61. The zero-order valence-electron chi connectivity index (χ0n) is 13.1. The molecule has 8 heteroatoms. The van der Waals surface area contributed by atoms with Crippen LogP contribution in [0.5, 0.6) is 5.75 Å². The van der Waals surface area contributed by atoms with Gasteiger partial charge in [-0.3, -0.25) is 20.4 Å². The Hall–Kier alpha value is -2.64. The SMILES string of the molecule is O=C(COc1ccc(Cl)cc1)NNC(=S)NC(=O)Cc1ccccc1. The molecular formula is C17H16ClN3O3S. The smallest absolute Gasteiger partial charge is 0.276 e. The number of thiocarbonyl (C=S) groups is 1. The molecule has 0 saturated carbocycles. The van der Waals surface area contributed by atoms with Crippen LogP contribution in [0.4, 0.5) is 0 Å². The largest absolute Gasteiger partial charge is 0.484 e. The van der Waals surface area contributed by atoms with Crippen molar-refractivity contribution in [1.29, 1.82) is 0 Å². The minimum Gasteiger partial charge on any atom is -0.484 e. The van der Waals surface area contributed by atoms with Gasteiger partial charge in [0.05, 0.1) is 6.42 Å². The van der Waals surface area contributed by atoms with Crippen LogP contribution in [-0.2, 0) is 16.0 Å². The summed E-state index contributed by atoms with van der Waals surface area (Å²) in [6.07, 6.45) is 0.191. The van der Waals surface area contributed by atoms with Gasteiger partial charge < -0.3 is 10.1 Å². The highest BCUT2D eigenvalue weighted by molar-refractivity contribution is 7.80. The molecule has 2 rings (SSSR count). The molecule has 0 saturated heterocycles. The van der Waals surface area contributed by atoms with Crippen LogP contribution in [0.3, 0.4) is 0 Å². The Balaban J connectivity index is 1.66. The highest BCUT2D eigenvalue weighted by Crippen LogP contribution is 2.15. The van der Waals surface area contributed by atoms with Crippen LogP contribution in [-0.4, -0.2) is 23.5 Å². The molecule has 2 aromatic rings. The predicted octanol–water partition coefficient (Wildman–Crippen LogP) is 1.98. The molecule has 0 aliphatic heterocycles. The molecule has 2 aromatic carbocycles. The summed E-state index contributed by atoms with van der Waals surface area (Å²) in [6, 6.07) is 15.9. The number of hydrazine groups is 1. The number of benzene rings is 2. The van der Waals surface area contributed by atoms with Gasteiger partial charge in [0.2, 0.25) is 5.91 Å².